The lowest BCUT2D eigenvalue weighted by Gasteiger charge is -2.20. The molecule has 2 aliphatic rings. The fraction of sp³-hybridized carbons (Fsp3) is 0.581. The summed E-state index contributed by atoms with van der Waals surface area (Å²) in [6.07, 6.45) is 38.1. The molecule has 1 heterocycles. The molecule has 0 saturated heterocycles. The highest BCUT2D eigenvalue weighted by Gasteiger charge is 2.27. The normalized spacial score (nSPS) is 13.0. The molecular weight excluding hydrogens is 982 g/mol. The van der Waals surface area contributed by atoms with E-state index in [1.807, 2.05) is 12.1 Å². The van der Waals surface area contributed by atoms with Gasteiger partial charge in [-0.05, 0) is 99.6 Å². The number of phosphoric ester groups is 1. The second kappa shape index (κ2) is 38.6. The van der Waals surface area contributed by atoms with E-state index in [4.69, 9.17) is 22.9 Å². The number of carboxylic acids is 1. The van der Waals surface area contributed by atoms with E-state index in [1.165, 1.54) is 89.2 Å². The van der Waals surface area contributed by atoms with Crippen LogP contribution in [0.5, 0.6) is 0 Å². The zero-order chi connectivity index (χ0) is 54.5. The third-order valence-electron chi connectivity index (χ3n) is 13.5. The molecule has 14 heteroatoms. The average molecular weight is 1070 g/mol. The van der Waals surface area contributed by atoms with Gasteiger partial charge in [-0.25, -0.2) is 9.36 Å². The quantitative estimate of drug-likeness (QED) is 0.0125. The van der Waals surface area contributed by atoms with Crippen molar-refractivity contribution in [2.75, 3.05) is 26.4 Å². The van der Waals surface area contributed by atoms with Gasteiger partial charge in [-0.15, -0.1) is 0 Å². The molecule has 2 aromatic rings. The lowest BCUT2D eigenvalue weighted by Crippen LogP contribution is -2.29. The summed E-state index contributed by atoms with van der Waals surface area (Å²) >= 11 is 0. The summed E-state index contributed by atoms with van der Waals surface area (Å²) in [6, 6.07) is 16.7. The first-order valence-corrected chi connectivity index (χ1v) is 30.3. The predicted octanol–water partition coefficient (Wildman–Crippen LogP) is 16.0. The van der Waals surface area contributed by atoms with Crippen LogP contribution in [0.1, 0.15) is 210 Å². The Bertz CT molecular complexity index is 2410. The summed E-state index contributed by atoms with van der Waals surface area (Å²) in [4.78, 5) is 61.1. The monoisotopic (exact) mass is 1070 g/mol. The number of rotatable bonds is 44. The number of fused-ring (bicyclic) bond motifs is 2. The largest absolute Gasteiger partial charge is 0.478 e. The second-order valence-electron chi connectivity index (χ2n) is 20.1. The Morgan fingerprint density at radius 1 is 0.632 bits per heavy atom. The van der Waals surface area contributed by atoms with Crippen molar-refractivity contribution in [3.05, 3.63) is 106 Å². The van der Waals surface area contributed by atoms with Crippen LogP contribution < -0.4 is 10.7 Å². The SMILES string of the molecule is CCCCCCCC/C=C\CCCCCCCC(=O)OC[C@H](COP(=O)(O)OCCNCc1ccc(-c2c3ccc(=O)cc-3oc3ccccc23)c(C(=O)O)c1)OC(=O)CCCCCCC/C=C\CCCCCCCC. The van der Waals surface area contributed by atoms with Crippen LogP contribution in [0.3, 0.4) is 0 Å². The fourth-order valence-corrected chi connectivity index (χ4v) is 9.94. The summed E-state index contributed by atoms with van der Waals surface area (Å²) in [5, 5.41) is 14.1. The zero-order valence-electron chi connectivity index (χ0n) is 45.9. The van der Waals surface area contributed by atoms with Crippen molar-refractivity contribution in [3.8, 4) is 22.5 Å². The van der Waals surface area contributed by atoms with Gasteiger partial charge in [0.1, 0.15) is 18.0 Å². The van der Waals surface area contributed by atoms with Crippen LogP contribution in [0.2, 0.25) is 0 Å². The number of allylic oxidation sites excluding steroid dienone is 4. The molecule has 0 spiro atoms. The maximum absolute atomic E-state index is 13.0. The molecule has 420 valence electrons. The number of aromatic carboxylic acids is 1. The lowest BCUT2D eigenvalue weighted by molar-refractivity contribution is -0.161. The number of ether oxygens (including phenoxy) is 2. The smallest absolute Gasteiger partial charge is 0.472 e. The Hall–Kier alpha value is -4.91. The van der Waals surface area contributed by atoms with E-state index in [0.29, 0.717) is 51.8 Å². The molecule has 76 heavy (non-hydrogen) atoms. The Labute approximate surface area is 453 Å². The van der Waals surface area contributed by atoms with Crippen LogP contribution in [-0.4, -0.2) is 60.4 Å². The third-order valence-corrected chi connectivity index (χ3v) is 14.5. The van der Waals surface area contributed by atoms with Crippen molar-refractivity contribution in [1.82, 2.24) is 5.32 Å². The van der Waals surface area contributed by atoms with E-state index >= 15 is 0 Å². The molecule has 13 nitrogen and oxygen atoms in total. The first kappa shape index (κ1) is 63.6. The first-order valence-electron chi connectivity index (χ1n) is 28.8. The molecule has 0 saturated carbocycles. The maximum Gasteiger partial charge on any atom is 0.472 e. The van der Waals surface area contributed by atoms with E-state index in [0.717, 1.165) is 77.0 Å². The number of esters is 2. The highest BCUT2D eigenvalue weighted by Crippen LogP contribution is 2.43. The van der Waals surface area contributed by atoms with Gasteiger partial charge in [0.15, 0.2) is 11.5 Å². The van der Waals surface area contributed by atoms with E-state index < -0.39 is 38.4 Å². The van der Waals surface area contributed by atoms with Crippen molar-refractivity contribution in [2.45, 2.75) is 206 Å². The Kier molecular flexibility index (Phi) is 32.3. The highest BCUT2D eigenvalue weighted by molar-refractivity contribution is 7.47. The van der Waals surface area contributed by atoms with Crippen LogP contribution in [0.4, 0.5) is 0 Å². The van der Waals surface area contributed by atoms with Crippen molar-refractivity contribution in [3.63, 3.8) is 0 Å². The highest BCUT2D eigenvalue weighted by atomic mass is 31.2. The molecule has 0 radical (unpaired) electrons. The molecule has 1 aliphatic heterocycles. The minimum atomic E-state index is -4.64. The van der Waals surface area contributed by atoms with Crippen molar-refractivity contribution < 1.29 is 51.9 Å². The minimum absolute atomic E-state index is 0.0457. The summed E-state index contributed by atoms with van der Waals surface area (Å²) < 4.78 is 40.6. The summed E-state index contributed by atoms with van der Waals surface area (Å²) in [5.74, 6) is -1.74. The standard InChI is InChI=1S/C62H90NO12P/c1-3-5-7-9-11-13-15-17-19-21-23-25-27-29-31-37-59(65)71-48-52(74-60(66)38-32-30-28-26-24-22-20-18-16-14-12-10-8-6-4-2)49-73-76(69,70)72-44-43-63-47-50-39-41-53(56(45-50)62(67)68)61-54-35-33-34-36-57(54)75-58-46-51(64)40-42-55(58)61/h17-20,33-36,39-42,45-46,52,63H,3-16,21-32,37-38,43-44,47-49H2,1-2H3,(H,67,68)(H,69,70)/b19-17-,20-18-/t52-/m1/s1. The molecule has 1 aliphatic carbocycles. The van der Waals surface area contributed by atoms with Crippen molar-refractivity contribution >= 4 is 36.7 Å². The number of nitrogens with one attached hydrogen (secondary N) is 1. The van der Waals surface area contributed by atoms with E-state index in [2.05, 4.69) is 43.5 Å². The van der Waals surface area contributed by atoms with Gasteiger partial charge in [-0.2, -0.15) is 0 Å². The van der Waals surface area contributed by atoms with E-state index in [-0.39, 0.29) is 50.1 Å². The number of hydrogen-bond acceptors (Lipinski definition) is 11. The van der Waals surface area contributed by atoms with Crippen LogP contribution in [0.25, 0.3) is 33.4 Å². The van der Waals surface area contributed by atoms with Crippen LogP contribution in [0.15, 0.2) is 94.2 Å². The predicted molar refractivity (Wildman–Crippen MR) is 305 cm³/mol. The molecule has 2 aromatic carbocycles. The number of unbranched alkanes of at least 4 members (excludes halogenated alkanes) is 22. The summed E-state index contributed by atoms with van der Waals surface area (Å²) in [5.41, 5.74) is 2.64. The van der Waals surface area contributed by atoms with E-state index in [9.17, 15) is 33.7 Å². The van der Waals surface area contributed by atoms with E-state index in [1.54, 1.807) is 36.4 Å². The van der Waals surface area contributed by atoms with Crippen LogP contribution >= 0.6 is 7.82 Å². The average Bonchev–Trinajstić information content (AvgIpc) is 3.45. The van der Waals surface area contributed by atoms with Gasteiger partial charge in [0.2, 0.25) is 0 Å². The van der Waals surface area contributed by atoms with Gasteiger partial charge < -0.3 is 29.2 Å². The zero-order valence-corrected chi connectivity index (χ0v) is 46.8. The molecule has 1 unspecified atom stereocenters. The van der Waals surface area contributed by atoms with Gasteiger partial charge in [0, 0.05) is 48.5 Å². The molecule has 2 atom stereocenters. The van der Waals surface area contributed by atoms with Gasteiger partial charge >= 0.3 is 25.7 Å². The number of hydrogen-bond donors (Lipinski definition) is 3. The first-order chi connectivity index (χ1) is 37.0. The van der Waals surface area contributed by atoms with Gasteiger partial charge in [0.05, 0.1) is 18.8 Å². The fourth-order valence-electron chi connectivity index (χ4n) is 9.19. The number of carbonyl (C=O) groups is 3. The number of benzene rings is 3. The minimum Gasteiger partial charge on any atom is -0.478 e. The number of phosphoric acid groups is 1. The molecular formula is C62H90NO12P. The molecule has 3 N–H and O–H groups in total. The van der Waals surface area contributed by atoms with Crippen molar-refractivity contribution in [1.29, 1.82) is 0 Å². The molecule has 0 aromatic heterocycles. The second-order valence-corrected chi connectivity index (χ2v) is 21.5. The Morgan fingerprint density at radius 2 is 1.17 bits per heavy atom. The molecule has 0 fully saturated rings. The summed E-state index contributed by atoms with van der Waals surface area (Å²) in [6.45, 7) is 3.70. The Morgan fingerprint density at radius 3 is 1.76 bits per heavy atom. The van der Waals surface area contributed by atoms with Gasteiger partial charge in [-0.1, -0.05) is 171 Å². The number of para-hydroxylation sites is 1. The van der Waals surface area contributed by atoms with Crippen LogP contribution in [0, 0.1) is 0 Å². The molecule has 4 rings (SSSR count). The lowest BCUT2D eigenvalue weighted by atomic mass is 9.90. The van der Waals surface area contributed by atoms with Crippen molar-refractivity contribution in [2.24, 2.45) is 0 Å². The topological polar surface area (TPSA) is 188 Å². The summed E-state index contributed by atoms with van der Waals surface area (Å²) in [7, 11) is -4.64. The number of carbonyl (C=O) groups excluding carboxylic acids is 2. The molecule has 0 amide bonds. The third kappa shape index (κ3) is 26.4. The maximum atomic E-state index is 13.0. The van der Waals surface area contributed by atoms with Gasteiger partial charge in [0.25, 0.3) is 0 Å². The van der Waals surface area contributed by atoms with Crippen LogP contribution in [-0.2, 0) is 39.2 Å². The van der Waals surface area contributed by atoms with Gasteiger partial charge in [-0.3, -0.25) is 23.4 Å². The number of carboxylic acid groups (broad SMARTS) is 1. The Balaban J connectivity index is 1.20. The molecule has 0 bridgehead atoms.